The number of carbonyl (C=O) groups excluding carboxylic acids is 1. The molecule has 0 atom stereocenters. The van der Waals surface area contributed by atoms with E-state index in [0.717, 1.165) is 32.1 Å². The molecule has 4 nitrogen and oxygen atoms in total. The molecule has 1 heterocycles. The number of ether oxygens (including phenoxy) is 2. The van der Waals surface area contributed by atoms with Gasteiger partial charge >= 0.3 is 5.97 Å². The van der Waals surface area contributed by atoms with E-state index in [2.05, 4.69) is 0 Å². The number of rotatable bonds is 7. The highest BCUT2D eigenvalue weighted by Gasteiger charge is 2.24. The van der Waals surface area contributed by atoms with E-state index in [0.29, 0.717) is 15.7 Å². The van der Waals surface area contributed by atoms with E-state index in [1.165, 1.54) is 0 Å². The van der Waals surface area contributed by atoms with Crippen molar-refractivity contribution in [2.24, 2.45) is 0 Å². The molecule has 0 bridgehead atoms. The Balaban J connectivity index is 1.81. The molecule has 0 aliphatic heterocycles. The predicted molar refractivity (Wildman–Crippen MR) is 136 cm³/mol. The van der Waals surface area contributed by atoms with Gasteiger partial charge in [-0.05, 0) is 87.5 Å². The molecule has 0 spiro atoms. The predicted octanol–water partition coefficient (Wildman–Crippen LogP) is 8.05. The van der Waals surface area contributed by atoms with Gasteiger partial charge < -0.3 is 14.0 Å². The molecule has 0 fully saturated rings. The zero-order valence-electron chi connectivity index (χ0n) is 18.5. The van der Waals surface area contributed by atoms with Crippen LogP contribution in [0.3, 0.4) is 0 Å². The third kappa shape index (κ3) is 5.16. The van der Waals surface area contributed by atoms with E-state index < -0.39 is 5.97 Å². The molecule has 7 heteroatoms. The van der Waals surface area contributed by atoms with Crippen molar-refractivity contribution >= 4 is 51.8 Å². The summed E-state index contributed by atoms with van der Waals surface area (Å²) in [6, 6.07) is 21.2. The number of nitrogens with zero attached hydrogens (tertiary/aromatic N) is 1. The summed E-state index contributed by atoms with van der Waals surface area (Å²) in [5.74, 6) is 0.295. The van der Waals surface area contributed by atoms with Crippen LogP contribution in [0.25, 0.3) is 16.6 Å². The first-order valence-corrected chi connectivity index (χ1v) is 12.2. The Bertz CT molecular complexity index is 1280. The first kappa shape index (κ1) is 23.6. The van der Waals surface area contributed by atoms with Gasteiger partial charge in [0, 0.05) is 25.9 Å². The lowest BCUT2D eigenvalue weighted by Gasteiger charge is -2.13. The molecular weight excluding hydrogens is 477 g/mol. The number of esters is 1. The van der Waals surface area contributed by atoms with Crippen molar-refractivity contribution in [2.75, 3.05) is 6.61 Å². The maximum absolute atomic E-state index is 12.9. The second kappa shape index (κ2) is 10.1. The molecule has 1 aromatic heterocycles. The SMILES string of the molecule is CCOC(=O)c1c(Cl)c2cc(Sc3ccc(Cl)cc3)ccc2n1-c1ccc(OC(C)C)cc1. The highest BCUT2D eigenvalue weighted by atomic mass is 35.5. The van der Waals surface area contributed by atoms with Crippen LogP contribution < -0.4 is 4.74 Å². The van der Waals surface area contributed by atoms with Gasteiger partial charge in [0.1, 0.15) is 5.75 Å². The Morgan fingerprint density at radius 3 is 2.27 bits per heavy atom. The summed E-state index contributed by atoms with van der Waals surface area (Å²) in [7, 11) is 0. The van der Waals surface area contributed by atoms with E-state index in [-0.39, 0.29) is 12.7 Å². The average Bonchev–Trinajstić information content (AvgIpc) is 3.08. The Labute approximate surface area is 207 Å². The second-order valence-corrected chi connectivity index (χ2v) is 9.58. The smallest absolute Gasteiger partial charge is 0.356 e. The number of benzene rings is 3. The van der Waals surface area contributed by atoms with Crippen LogP contribution in [0.5, 0.6) is 5.75 Å². The van der Waals surface area contributed by atoms with Gasteiger partial charge in [0.15, 0.2) is 5.69 Å². The second-order valence-electron chi connectivity index (χ2n) is 7.61. The molecule has 4 rings (SSSR count). The third-order valence-electron chi connectivity index (χ3n) is 4.86. The normalized spacial score (nSPS) is 11.2. The van der Waals surface area contributed by atoms with Gasteiger partial charge in [-0.25, -0.2) is 4.79 Å². The molecule has 170 valence electrons. The molecule has 3 aromatic carbocycles. The highest BCUT2D eigenvalue weighted by molar-refractivity contribution is 7.99. The number of halogens is 2. The Kier molecular flexibility index (Phi) is 7.23. The zero-order chi connectivity index (χ0) is 23.5. The first-order chi connectivity index (χ1) is 15.9. The standard InChI is InChI=1S/C26H23Cl2NO3S/c1-4-31-26(30)25-24(28)22-15-21(33-20-11-5-17(27)6-12-20)13-14-23(22)29(25)18-7-9-19(10-8-18)32-16(2)3/h5-16H,4H2,1-3H3. The van der Waals surface area contributed by atoms with E-state index in [9.17, 15) is 4.79 Å². The summed E-state index contributed by atoms with van der Waals surface area (Å²) in [6.45, 7) is 5.99. The zero-order valence-corrected chi connectivity index (χ0v) is 20.8. The fraction of sp³-hybridized carbons (Fsp3) is 0.192. The minimum atomic E-state index is -0.465. The first-order valence-electron chi connectivity index (χ1n) is 10.6. The number of fused-ring (bicyclic) bond motifs is 1. The van der Waals surface area contributed by atoms with Crippen molar-refractivity contribution in [1.29, 1.82) is 0 Å². The molecule has 0 saturated carbocycles. The molecule has 0 saturated heterocycles. The summed E-state index contributed by atoms with van der Waals surface area (Å²) in [6.07, 6.45) is 0.0735. The van der Waals surface area contributed by atoms with Crippen molar-refractivity contribution in [1.82, 2.24) is 4.57 Å². The molecule has 4 aromatic rings. The van der Waals surface area contributed by atoms with Crippen molar-refractivity contribution < 1.29 is 14.3 Å². The summed E-state index contributed by atoms with van der Waals surface area (Å²) in [5.41, 5.74) is 1.92. The lowest BCUT2D eigenvalue weighted by Crippen LogP contribution is -2.11. The summed E-state index contributed by atoms with van der Waals surface area (Å²) in [5, 5.41) is 1.84. The quantitative estimate of drug-likeness (QED) is 0.241. The van der Waals surface area contributed by atoms with Gasteiger partial charge in [0.25, 0.3) is 0 Å². The lowest BCUT2D eigenvalue weighted by molar-refractivity contribution is 0.0517. The highest BCUT2D eigenvalue weighted by Crippen LogP contribution is 2.38. The molecule has 0 N–H and O–H groups in total. The lowest BCUT2D eigenvalue weighted by atomic mass is 10.2. The Hall–Kier alpha value is -2.60. The molecule has 0 amide bonds. The van der Waals surface area contributed by atoms with Crippen LogP contribution in [0.1, 0.15) is 31.3 Å². The van der Waals surface area contributed by atoms with E-state index >= 15 is 0 Å². The van der Waals surface area contributed by atoms with E-state index in [1.54, 1.807) is 18.7 Å². The Morgan fingerprint density at radius 2 is 1.64 bits per heavy atom. The minimum absolute atomic E-state index is 0.0735. The van der Waals surface area contributed by atoms with Crippen LogP contribution in [-0.2, 0) is 4.74 Å². The average molecular weight is 500 g/mol. The Morgan fingerprint density at radius 1 is 0.970 bits per heavy atom. The summed E-state index contributed by atoms with van der Waals surface area (Å²) in [4.78, 5) is 14.9. The van der Waals surface area contributed by atoms with Crippen LogP contribution in [-0.4, -0.2) is 23.2 Å². The van der Waals surface area contributed by atoms with Crippen LogP contribution in [0.4, 0.5) is 0 Å². The maximum atomic E-state index is 12.9. The monoisotopic (exact) mass is 499 g/mol. The van der Waals surface area contributed by atoms with Crippen molar-refractivity contribution in [3.8, 4) is 11.4 Å². The summed E-state index contributed by atoms with van der Waals surface area (Å²) < 4.78 is 12.9. The van der Waals surface area contributed by atoms with Crippen LogP contribution in [0.2, 0.25) is 10.0 Å². The molecule has 0 unspecified atom stereocenters. The fourth-order valence-corrected chi connectivity index (χ4v) is 4.83. The van der Waals surface area contributed by atoms with Gasteiger partial charge in [0.2, 0.25) is 0 Å². The van der Waals surface area contributed by atoms with Crippen molar-refractivity contribution in [3.63, 3.8) is 0 Å². The van der Waals surface area contributed by atoms with Gasteiger partial charge in [-0.2, -0.15) is 0 Å². The van der Waals surface area contributed by atoms with Crippen molar-refractivity contribution in [2.45, 2.75) is 36.7 Å². The third-order valence-corrected chi connectivity index (χ3v) is 6.49. The minimum Gasteiger partial charge on any atom is -0.491 e. The molecule has 0 aliphatic rings. The maximum Gasteiger partial charge on any atom is 0.356 e. The number of hydrogen-bond donors (Lipinski definition) is 0. The van der Waals surface area contributed by atoms with Crippen LogP contribution in [0, 0.1) is 0 Å². The van der Waals surface area contributed by atoms with Crippen LogP contribution in [0.15, 0.2) is 76.5 Å². The number of aromatic nitrogens is 1. The number of carbonyl (C=O) groups is 1. The van der Waals surface area contributed by atoms with E-state index in [1.807, 2.05) is 85.1 Å². The van der Waals surface area contributed by atoms with Gasteiger partial charge in [-0.15, -0.1) is 0 Å². The van der Waals surface area contributed by atoms with Gasteiger partial charge in [-0.1, -0.05) is 35.0 Å². The largest absolute Gasteiger partial charge is 0.491 e. The fourth-order valence-electron chi connectivity index (χ4n) is 3.53. The summed E-state index contributed by atoms with van der Waals surface area (Å²) >= 11 is 14.4. The van der Waals surface area contributed by atoms with Gasteiger partial charge in [-0.3, -0.25) is 0 Å². The van der Waals surface area contributed by atoms with Crippen molar-refractivity contribution in [3.05, 3.63) is 82.5 Å². The van der Waals surface area contributed by atoms with Crippen LogP contribution >= 0.6 is 35.0 Å². The number of hydrogen-bond acceptors (Lipinski definition) is 4. The topological polar surface area (TPSA) is 40.5 Å². The molecule has 0 aliphatic carbocycles. The molecular formula is C26H23Cl2NO3S. The molecule has 0 radical (unpaired) electrons. The van der Waals surface area contributed by atoms with Gasteiger partial charge in [0.05, 0.1) is 23.3 Å². The molecule has 33 heavy (non-hydrogen) atoms. The van der Waals surface area contributed by atoms with E-state index in [4.69, 9.17) is 32.7 Å².